The van der Waals surface area contributed by atoms with Crippen molar-refractivity contribution in [3.05, 3.63) is 70.3 Å². The summed E-state index contributed by atoms with van der Waals surface area (Å²) in [5, 5.41) is 12.8. The second kappa shape index (κ2) is 8.93. The number of ether oxygens (including phenoxy) is 3. The van der Waals surface area contributed by atoms with Crippen molar-refractivity contribution in [3.8, 4) is 17.6 Å². The number of carbonyl (C=O) groups excluding carboxylic acids is 2. The molecule has 0 fully saturated rings. The first-order valence-electron chi connectivity index (χ1n) is 9.30. The van der Waals surface area contributed by atoms with E-state index >= 15 is 0 Å². The quantitative estimate of drug-likeness (QED) is 0.714. The van der Waals surface area contributed by atoms with Crippen molar-refractivity contribution in [1.29, 1.82) is 5.26 Å². The molecule has 0 radical (unpaired) electrons. The Bertz CT molecular complexity index is 1050. The highest BCUT2D eigenvalue weighted by Crippen LogP contribution is 2.40. The van der Waals surface area contributed by atoms with Gasteiger partial charge >= 0.3 is 5.97 Å². The zero-order valence-electron chi connectivity index (χ0n) is 15.9. The van der Waals surface area contributed by atoms with Gasteiger partial charge in [0, 0.05) is 12.3 Å². The smallest absolute Gasteiger partial charge is 0.316 e. The van der Waals surface area contributed by atoms with Gasteiger partial charge in [-0.2, -0.15) is 5.26 Å². The van der Waals surface area contributed by atoms with Crippen molar-refractivity contribution in [2.24, 2.45) is 0 Å². The molecule has 0 bridgehead atoms. The van der Waals surface area contributed by atoms with Crippen LogP contribution in [0.4, 0.5) is 0 Å². The molecule has 30 heavy (non-hydrogen) atoms. The van der Waals surface area contributed by atoms with Crippen LogP contribution in [-0.2, 0) is 20.9 Å². The van der Waals surface area contributed by atoms with E-state index in [0.29, 0.717) is 22.1 Å². The lowest BCUT2D eigenvalue weighted by Gasteiger charge is -2.25. The number of nitriles is 1. The number of allylic oxidation sites excluding steroid dienone is 1. The third-order valence-electron chi connectivity index (χ3n) is 4.73. The minimum atomic E-state index is -0.423. The lowest BCUT2D eigenvalue weighted by molar-refractivity contribution is -0.141. The zero-order valence-corrected chi connectivity index (χ0v) is 16.7. The summed E-state index contributed by atoms with van der Waals surface area (Å²) in [6.45, 7) is 0.327. The molecule has 0 aliphatic carbocycles. The Morgan fingerprint density at radius 3 is 2.80 bits per heavy atom. The Kier molecular flexibility index (Phi) is 5.91. The van der Waals surface area contributed by atoms with Gasteiger partial charge in [0.15, 0.2) is 11.5 Å². The minimum absolute atomic E-state index is 0.0124. The zero-order chi connectivity index (χ0) is 20.9. The van der Waals surface area contributed by atoms with Crippen LogP contribution in [0.25, 0.3) is 0 Å². The summed E-state index contributed by atoms with van der Waals surface area (Å²) in [4.78, 5) is 24.4. The maximum atomic E-state index is 12.3. The number of benzene rings is 2. The van der Waals surface area contributed by atoms with Crippen molar-refractivity contribution in [2.75, 3.05) is 12.5 Å². The van der Waals surface area contributed by atoms with Gasteiger partial charge in [0.05, 0.1) is 22.4 Å². The van der Waals surface area contributed by atoms with E-state index < -0.39 is 11.9 Å². The van der Waals surface area contributed by atoms with E-state index in [1.54, 1.807) is 12.1 Å². The number of fused-ring (bicyclic) bond motifs is 1. The molecule has 2 aliphatic rings. The number of amides is 1. The van der Waals surface area contributed by atoms with Gasteiger partial charge in [-0.1, -0.05) is 48.2 Å². The molecule has 1 atom stereocenters. The van der Waals surface area contributed by atoms with Crippen LogP contribution in [0.15, 0.2) is 59.1 Å². The Balaban J connectivity index is 1.46. The monoisotopic (exact) mass is 422 g/mol. The van der Waals surface area contributed by atoms with Crippen molar-refractivity contribution in [1.82, 2.24) is 5.32 Å². The molecular formula is C22H18N2O5S. The molecule has 2 aliphatic heterocycles. The highest BCUT2D eigenvalue weighted by atomic mass is 32.2. The molecule has 8 heteroatoms. The fraction of sp³-hybridized carbons (Fsp3) is 0.227. The topological polar surface area (TPSA) is 97.7 Å². The van der Waals surface area contributed by atoms with Crippen molar-refractivity contribution >= 4 is 23.6 Å². The summed E-state index contributed by atoms with van der Waals surface area (Å²) < 4.78 is 16.0. The van der Waals surface area contributed by atoms with Crippen molar-refractivity contribution in [3.63, 3.8) is 0 Å². The molecular weight excluding hydrogens is 404 g/mol. The average molecular weight is 422 g/mol. The van der Waals surface area contributed by atoms with Crippen LogP contribution in [0.3, 0.4) is 0 Å². The van der Waals surface area contributed by atoms with Gasteiger partial charge in [-0.15, -0.1) is 0 Å². The van der Waals surface area contributed by atoms with Gasteiger partial charge < -0.3 is 19.5 Å². The van der Waals surface area contributed by atoms with Crippen LogP contribution in [0, 0.1) is 11.3 Å². The molecule has 4 rings (SSSR count). The number of nitrogens with zero attached hydrogens (tertiary/aromatic N) is 1. The van der Waals surface area contributed by atoms with Gasteiger partial charge in [0.25, 0.3) is 0 Å². The van der Waals surface area contributed by atoms with E-state index in [-0.39, 0.29) is 31.5 Å². The number of thioether (sulfide) groups is 1. The summed E-state index contributed by atoms with van der Waals surface area (Å²) in [7, 11) is 0. The molecule has 2 aromatic rings. The average Bonchev–Trinajstić information content (AvgIpc) is 3.24. The summed E-state index contributed by atoms with van der Waals surface area (Å²) >= 11 is 1.10. The Labute approximate surface area is 177 Å². The van der Waals surface area contributed by atoms with E-state index in [9.17, 15) is 14.9 Å². The molecule has 0 saturated heterocycles. The van der Waals surface area contributed by atoms with E-state index in [4.69, 9.17) is 14.2 Å². The van der Waals surface area contributed by atoms with E-state index in [0.717, 1.165) is 22.9 Å². The first-order chi connectivity index (χ1) is 14.6. The molecule has 0 spiro atoms. The maximum absolute atomic E-state index is 12.3. The Morgan fingerprint density at radius 2 is 2.00 bits per heavy atom. The predicted molar refractivity (Wildman–Crippen MR) is 109 cm³/mol. The van der Waals surface area contributed by atoms with Gasteiger partial charge in [0.2, 0.25) is 12.7 Å². The molecule has 1 N–H and O–H groups in total. The van der Waals surface area contributed by atoms with Gasteiger partial charge in [-0.25, -0.2) is 0 Å². The second-order valence-electron chi connectivity index (χ2n) is 6.71. The first-order valence-corrected chi connectivity index (χ1v) is 10.3. The third kappa shape index (κ3) is 4.42. The van der Waals surface area contributed by atoms with Crippen LogP contribution in [0.2, 0.25) is 0 Å². The van der Waals surface area contributed by atoms with Crippen LogP contribution in [0.5, 0.6) is 11.5 Å². The predicted octanol–water partition coefficient (Wildman–Crippen LogP) is 3.23. The molecule has 152 valence electrons. The number of nitrogens with one attached hydrogen (secondary N) is 1. The number of carbonyl (C=O) groups is 2. The second-order valence-corrected chi connectivity index (χ2v) is 7.69. The summed E-state index contributed by atoms with van der Waals surface area (Å²) in [6, 6.07) is 16.9. The lowest BCUT2D eigenvalue weighted by Crippen LogP contribution is -2.31. The third-order valence-corrected chi connectivity index (χ3v) is 5.72. The highest BCUT2D eigenvalue weighted by molar-refractivity contribution is 8.03. The van der Waals surface area contributed by atoms with Crippen LogP contribution in [0.1, 0.15) is 23.5 Å². The number of hydrogen-bond donors (Lipinski definition) is 1. The SMILES string of the molecule is N#CC1=C(SCC(=O)OCc2ccccc2)NC(=O)CC1c1ccc2c(c1)OCO2. The van der Waals surface area contributed by atoms with E-state index in [1.807, 2.05) is 36.4 Å². The lowest BCUT2D eigenvalue weighted by atomic mass is 9.87. The van der Waals surface area contributed by atoms with E-state index in [1.165, 1.54) is 0 Å². The normalized spacial score (nSPS) is 17.3. The van der Waals surface area contributed by atoms with E-state index in [2.05, 4.69) is 11.4 Å². The van der Waals surface area contributed by atoms with Crippen molar-refractivity contribution < 1.29 is 23.8 Å². The number of rotatable bonds is 6. The Hall–Kier alpha value is -3.44. The largest absolute Gasteiger partial charge is 0.460 e. The van der Waals surface area contributed by atoms with Gasteiger partial charge in [-0.05, 0) is 23.3 Å². The molecule has 7 nitrogen and oxygen atoms in total. The summed E-state index contributed by atoms with van der Waals surface area (Å²) in [6.07, 6.45) is 0.144. The highest BCUT2D eigenvalue weighted by Gasteiger charge is 2.31. The van der Waals surface area contributed by atoms with Gasteiger partial charge in [-0.3, -0.25) is 9.59 Å². The first kappa shape index (κ1) is 19.9. The summed E-state index contributed by atoms with van der Waals surface area (Å²) in [5.41, 5.74) is 2.09. The summed E-state index contributed by atoms with van der Waals surface area (Å²) in [5.74, 6) is 0.166. The van der Waals surface area contributed by atoms with Crippen LogP contribution < -0.4 is 14.8 Å². The number of hydrogen-bond acceptors (Lipinski definition) is 7. The maximum Gasteiger partial charge on any atom is 0.316 e. The molecule has 1 amide bonds. The minimum Gasteiger partial charge on any atom is -0.460 e. The van der Waals surface area contributed by atoms with Crippen molar-refractivity contribution in [2.45, 2.75) is 18.9 Å². The Morgan fingerprint density at radius 1 is 1.20 bits per heavy atom. The van der Waals surface area contributed by atoms with Crippen LogP contribution >= 0.6 is 11.8 Å². The molecule has 2 aromatic carbocycles. The standard InChI is InChI=1S/C22H18N2O5S/c23-10-17-16(15-6-7-18-19(8-15)29-13-28-18)9-20(25)24-22(17)30-12-21(26)27-11-14-4-2-1-3-5-14/h1-8,16H,9,11-13H2,(H,24,25). The fourth-order valence-corrected chi connectivity index (χ4v) is 4.13. The molecule has 0 aromatic heterocycles. The molecule has 1 unspecified atom stereocenters. The number of esters is 1. The fourth-order valence-electron chi connectivity index (χ4n) is 3.26. The van der Waals surface area contributed by atoms with Crippen LogP contribution in [-0.4, -0.2) is 24.4 Å². The molecule has 0 saturated carbocycles. The van der Waals surface area contributed by atoms with Gasteiger partial charge in [0.1, 0.15) is 6.61 Å². The molecule has 2 heterocycles.